The molecular formula is C23H42F6O6. The zero-order valence-electron chi connectivity index (χ0n) is 20.7. The summed E-state index contributed by atoms with van der Waals surface area (Å²) in [5.74, 6) is -4.46. The Labute approximate surface area is 204 Å². The third-order valence-electron chi connectivity index (χ3n) is 4.72. The van der Waals surface area contributed by atoms with Crippen LogP contribution in [-0.2, 0) is 28.4 Å². The van der Waals surface area contributed by atoms with Crippen LogP contribution in [0.4, 0.5) is 26.3 Å². The van der Waals surface area contributed by atoms with Crippen molar-refractivity contribution in [2.75, 3.05) is 79.7 Å². The van der Waals surface area contributed by atoms with Crippen molar-refractivity contribution in [3.8, 4) is 0 Å². The highest BCUT2D eigenvalue weighted by Gasteiger charge is 2.63. The predicted octanol–water partition coefficient (Wildman–Crippen LogP) is 5.37. The maximum Gasteiger partial charge on any atom is 0.343 e. The van der Waals surface area contributed by atoms with Gasteiger partial charge >= 0.3 is 5.97 Å². The van der Waals surface area contributed by atoms with Crippen molar-refractivity contribution in [2.24, 2.45) is 0 Å². The number of hydrogen-bond donors (Lipinski definition) is 0. The topological polar surface area (TPSA) is 55.4 Å². The monoisotopic (exact) mass is 528 g/mol. The lowest BCUT2D eigenvalue weighted by Crippen LogP contribution is -2.69. The fourth-order valence-corrected chi connectivity index (χ4v) is 3.14. The van der Waals surface area contributed by atoms with Gasteiger partial charge in [0, 0.05) is 6.61 Å². The Morgan fingerprint density at radius 3 is 1.11 bits per heavy atom. The second-order valence-corrected chi connectivity index (χ2v) is 7.49. The first-order valence-electron chi connectivity index (χ1n) is 12.2. The van der Waals surface area contributed by atoms with Gasteiger partial charge < -0.3 is 28.4 Å². The quantitative estimate of drug-likeness (QED) is 0.0812. The lowest BCUT2D eigenvalue weighted by Gasteiger charge is -2.50. The second-order valence-electron chi connectivity index (χ2n) is 7.49. The number of alkyl halides is 6. The molecule has 0 saturated carbocycles. The minimum atomic E-state index is -2.32. The first-order chi connectivity index (χ1) is 17.1. The zero-order valence-corrected chi connectivity index (χ0v) is 20.7. The summed E-state index contributed by atoms with van der Waals surface area (Å²) in [7, 11) is 0. The summed E-state index contributed by atoms with van der Waals surface area (Å²) >= 11 is 0. The van der Waals surface area contributed by atoms with Crippen LogP contribution in [0.15, 0.2) is 0 Å². The average molecular weight is 529 g/mol. The lowest BCUT2D eigenvalue weighted by molar-refractivity contribution is -0.514. The van der Waals surface area contributed by atoms with E-state index in [1.54, 1.807) is 6.92 Å². The fourth-order valence-electron chi connectivity index (χ4n) is 3.14. The van der Waals surface area contributed by atoms with E-state index in [1.807, 2.05) is 0 Å². The highest BCUT2D eigenvalue weighted by Crippen LogP contribution is 2.41. The molecule has 0 fully saturated rings. The molecule has 0 aliphatic heterocycles. The summed E-state index contributed by atoms with van der Waals surface area (Å²) in [5.41, 5.74) is 0. The summed E-state index contributed by atoms with van der Waals surface area (Å²) in [6.07, 6.45) is -1.22. The van der Waals surface area contributed by atoms with Crippen molar-refractivity contribution in [3.05, 3.63) is 0 Å². The molecule has 0 bridgehead atoms. The second kappa shape index (κ2) is 22.5. The first kappa shape index (κ1) is 34.3. The summed E-state index contributed by atoms with van der Waals surface area (Å²) in [4.78, 5) is 0. The molecule has 1 unspecified atom stereocenters. The van der Waals surface area contributed by atoms with E-state index in [1.165, 1.54) is 0 Å². The largest absolute Gasteiger partial charge is 0.372 e. The average Bonchev–Trinajstić information content (AvgIpc) is 2.86. The van der Waals surface area contributed by atoms with Crippen LogP contribution in [0.1, 0.15) is 51.9 Å². The van der Waals surface area contributed by atoms with Gasteiger partial charge in [0.15, 0.2) is 0 Å². The van der Waals surface area contributed by atoms with Gasteiger partial charge in [-0.15, -0.1) is 0 Å². The molecule has 6 nitrogen and oxygen atoms in total. The molecule has 35 heavy (non-hydrogen) atoms. The Morgan fingerprint density at radius 2 is 0.800 bits per heavy atom. The maximum atomic E-state index is 13.0. The van der Waals surface area contributed by atoms with Crippen molar-refractivity contribution in [1.82, 2.24) is 0 Å². The van der Waals surface area contributed by atoms with Crippen LogP contribution < -0.4 is 0 Å². The van der Waals surface area contributed by atoms with Gasteiger partial charge in [0.2, 0.25) is 0 Å². The van der Waals surface area contributed by atoms with Crippen molar-refractivity contribution in [1.29, 1.82) is 0 Å². The van der Waals surface area contributed by atoms with Crippen molar-refractivity contribution in [3.63, 3.8) is 0 Å². The molecule has 0 amide bonds. The third-order valence-corrected chi connectivity index (χ3v) is 4.72. The minimum absolute atomic E-state index is 0.0443. The van der Waals surface area contributed by atoms with E-state index >= 15 is 0 Å². The van der Waals surface area contributed by atoms with Crippen LogP contribution in [0.25, 0.3) is 0 Å². The molecule has 0 rings (SSSR count). The molecule has 0 aliphatic rings. The molecule has 212 valence electrons. The smallest absolute Gasteiger partial charge is 0.343 e. The van der Waals surface area contributed by atoms with E-state index in [0.717, 1.165) is 0 Å². The van der Waals surface area contributed by atoms with Crippen molar-refractivity contribution in [2.45, 2.75) is 69.7 Å². The molecule has 0 saturated heterocycles. The molecule has 0 heterocycles. The van der Waals surface area contributed by atoms with Gasteiger partial charge in [-0.2, -0.15) is 0 Å². The molecule has 12 heteroatoms. The Morgan fingerprint density at radius 1 is 0.486 bits per heavy atom. The van der Waals surface area contributed by atoms with Gasteiger partial charge in [-0.25, -0.2) is 0 Å². The molecule has 0 aromatic carbocycles. The van der Waals surface area contributed by atoms with E-state index in [0.29, 0.717) is 0 Å². The van der Waals surface area contributed by atoms with Crippen LogP contribution in [-0.4, -0.2) is 97.6 Å². The van der Waals surface area contributed by atoms with Gasteiger partial charge in [0.05, 0.1) is 73.1 Å². The third kappa shape index (κ3) is 12.4. The van der Waals surface area contributed by atoms with Crippen LogP contribution in [0.5, 0.6) is 0 Å². The molecule has 0 N–H and O–H groups in total. The highest BCUT2D eigenvalue weighted by atomic mass is 19.1. The Kier molecular flexibility index (Phi) is 22.1. The predicted molar refractivity (Wildman–Crippen MR) is 119 cm³/mol. The van der Waals surface area contributed by atoms with E-state index < -0.39 is 57.9 Å². The van der Waals surface area contributed by atoms with Gasteiger partial charge in [-0.3, -0.25) is 26.3 Å². The van der Waals surface area contributed by atoms with Gasteiger partial charge in [0.25, 0.3) is 5.79 Å². The van der Waals surface area contributed by atoms with E-state index in [9.17, 15) is 26.3 Å². The summed E-state index contributed by atoms with van der Waals surface area (Å²) < 4.78 is 113. The van der Waals surface area contributed by atoms with Gasteiger partial charge in [-0.05, 0) is 44.9 Å². The molecule has 1 atom stereocenters. The zero-order chi connectivity index (χ0) is 26.3. The number of halogens is 6. The summed E-state index contributed by atoms with van der Waals surface area (Å²) in [5, 5.41) is 0. The van der Waals surface area contributed by atoms with Crippen LogP contribution >= 0.6 is 0 Å². The lowest BCUT2D eigenvalue weighted by atomic mass is 10.0. The van der Waals surface area contributed by atoms with Crippen molar-refractivity contribution >= 4 is 0 Å². The molecule has 0 aromatic heterocycles. The molecule has 0 spiro atoms. The number of ether oxygens (including phenoxy) is 6. The van der Waals surface area contributed by atoms with Crippen LogP contribution in [0.3, 0.4) is 0 Å². The van der Waals surface area contributed by atoms with Crippen LogP contribution in [0, 0.1) is 0 Å². The molecule has 0 aromatic rings. The Hall–Kier alpha value is -0.660. The standard InChI is InChI=1S/C23H42F6O6/c1-2-21(30-15-3-9-24)22(31-16-4-10-25,32-17-5-11-26)23(33-18-6-12-27,34-19-7-13-28)35-20-8-14-29/h21H,2-20H2,1H3. The summed E-state index contributed by atoms with van der Waals surface area (Å²) in [6.45, 7) is -3.97. The maximum absolute atomic E-state index is 13.0. The van der Waals surface area contributed by atoms with Crippen molar-refractivity contribution < 1.29 is 54.8 Å². The molecular weight excluding hydrogens is 486 g/mol. The number of rotatable bonds is 27. The van der Waals surface area contributed by atoms with Gasteiger partial charge in [-0.1, -0.05) is 6.92 Å². The normalized spacial score (nSPS) is 13.5. The fraction of sp³-hybridized carbons (Fsp3) is 1.00. The van der Waals surface area contributed by atoms with E-state index in [4.69, 9.17) is 28.4 Å². The Bertz CT molecular complexity index is 430. The SMILES string of the molecule is CCC(OCCCF)C(OCCCF)(OCCCF)C(OCCCF)(OCCCF)OCCCF. The Balaban J connectivity index is 6.62. The van der Waals surface area contributed by atoms with Gasteiger partial charge in [0.1, 0.15) is 6.10 Å². The van der Waals surface area contributed by atoms with E-state index in [-0.39, 0.29) is 84.6 Å². The molecule has 0 aliphatic carbocycles. The number of hydrogen-bond acceptors (Lipinski definition) is 6. The highest BCUT2D eigenvalue weighted by molar-refractivity contribution is 4.91. The minimum Gasteiger partial charge on any atom is -0.372 e. The van der Waals surface area contributed by atoms with E-state index in [2.05, 4.69) is 0 Å². The van der Waals surface area contributed by atoms with Crippen LogP contribution in [0.2, 0.25) is 0 Å². The first-order valence-corrected chi connectivity index (χ1v) is 12.2. The summed E-state index contributed by atoms with van der Waals surface area (Å²) in [6, 6.07) is 0. The molecule has 0 radical (unpaired) electrons.